The molecule has 130 valence electrons. The lowest BCUT2D eigenvalue weighted by Gasteiger charge is -2.23. The molecule has 5 heteroatoms. The number of anilines is 1. The molecule has 0 spiro atoms. The Hall–Kier alpha value is -1.20. The molecule has 0 N–H and O–H groups in total. The van der Waals surface area contributed by atoms with Gasteiger partial charge in [-0.15, -0.1) is 0 Å². The summed E-state index contributed by atoms with van der Waals surface area (Å²) < 4.78 is 25.7. The van der Waals surface area contributed by atoms with E-state index in [9.17, 15) is 4.39 Å². The first kappa shape index (κ1) is 18.1. The van der Waals surface area contributed by atoms with Crippen LogP contribution in [-0.4, -0.2) is 36.6 Å². The molecule has 1 saturated heterocycles. The Morgan fingerprint density at radius 2 is 2.00 bits per heavy atom. The molecule has 0 unspecified atom stereocenters. The number of aryl methyl sites for hydroxylation is 1. The SMILES string of the molecule is CCCN(CCC)c1ncc(CC[C@H]2COC(C)(C)O2)cc1F. The van der Waals surface area contributed by atoms with E-state index in [0.717, 1.165) is 44.3 Å². The van der Waals surface area contributed by atoms with E-state index in [1.807, 2.05) is 18.7 Å². The normalized spacial score (nSPS) is 20.0. The number of halogens is 1. The van der Waals surface area contributed by atoms with Gasteiger partial charge in [0.05, 0.1) is 12.7 Å². The van der Waals surface area contributed by atoms with Crippen molar-refractivity contribution in [3.63, 3.8) is 0 Å². The largest absolute Gasteiger partial charge is 0.354 e. The van der Waals surface area contributed by atoms with Gasteiger partial charge in [0, 0.05) is 19.3 Å². The number of aromatic nitrogens is 1. The average molecular weight is 324 g/mol. The Morgan fingerprint density at radius 3 is 2.52 bits per heavy atom. The highest BCUT2D eigenvalue weighted by atomic mass is 19.1. The van der Waals surface area contributed by atoms with Gasteiger partial charge in [0.25, 0.3) is 0 Å². The molecular formula is C18H29FN2O2. The standard InChI is InChI=1S/C18H29FN2O2/c1-5-9-21(10-6-2)17-16(19)11-14(12-20-17)7-8-15-13-22-18(3,4)23-15/h11-12,15H,5-10,13H2,1-4H3/t15-/m0/s1. The van der Waals surface area contributed by atoms with Gasteiger partial charge in [0.15, 0.2) is 17.4 Å². The molecule has 0 radical (unpaired) electrons. The zero-order chi connectivity index (χ0) is 16.9. The Labute approximate surface area is 139 Å². The number of hydrogen-bond acceptors (Lipinski definition) is 4. The molecule has 2 rings (SSSR count). The van der Waals surface area contributed by atoms with Gasteiger partial charge < -0.3 is 14.4 Å². The first-order chi connectivity index (χ1) is 10.9. The summed E-state index contributed by atoms with van der Waals surface area (Å²) in [4.78, 5) is 6.39. The Balaban J connectivity index is 1.96. The first-order valence-electron chi connectivity index (χ1n) is 8.66. The topological polar surface area (TPSA) is 34.6 Å². The predicted octanol–water partition coefficient (Wildman–Crippen LogP) is 3.93. The minimum absolute atomic E-state index is 0.0735. The summed E-state index contributed by atoms with van der Waals surface area (Å²) in [6.07, 6.45) is 5.39. The fraction of sp³-hybridized carbons (Fsp3) is 0.722. The quantitative estimate of drug-likeness (QED) is 0.725. The number of rotatable bonds is 8. The second-order valence-electron chi connectivity index (χ2n) is 6.63. The molecule has 0 aliphatic carbocycles. The van der Waals surface area contributed by atoms with Gasteiger partial charge in [-0.1, -0.05) is 13.8 Å². The van der Waals surface area contributed by atoms with Crippen LogP contribution in [0.5, 0.6) is 0 Å². The van der Waals surface area contributed by atoms with Crippen molar-refractivity contribution in [3.05, 3.63) is 23.6 Å². The van der Waals surface area contributed by atoms with E-state index in [0.29, 0.717) is 12.4 Å². The maximum absolute atomic E-state index is 14.4. The van der Waals surface area contributed by atoms with E-state index in [2.05, 4.69) is 18.8 Å². The smallest absolute Gasteiger partial charge is 0.165 e. The van der Waals surface area contributed by atoms with Crippen molar-refractivity contribution in [2.45, 2.75) is 65.3 Å². The summed E-state index contributed by atoms with van der Waals surface area (Å²) in [7, 11) is 0. The summed E-state index contributed by atoms with van der Waals surface area (Å²) in [5, 5.41) is 0. The van der Waals surface area contributed by atoms with E-state index in [4.69, 9.17) is 9.47 Å². The lowest BCUT2D eigenvalue weighted by molar-refractivity contribution is -0.138. The molecule has 1 aromatic heterocycles. The third-order valence-corrected chi connectivity index (χ3v) is 3.99. The van der Waals surface area contributed by atoms with Gasteiger partial charge in [-0.25, -0.2) is 9.37 Å². The molecular weight excluding hydrogens is 295 g/mol. The van der Waals surface area contributed by atoms with Crippen LogP contribution in [0.15, 0.2) is 12.3 Å². The fourth-order valence-electron chi connectivity index (χ4n) is 2.94. The lowest BCUT2D eigenvalue weighted by atomic mass is 10.1. The second kappa shape index (κ2) is 8.06. The van der Waals surface area contributed by atoms with Crippen LogP contribution < -0.4 is 4.90 Å². The van der Waals surface area contributed by atoms with Gasteiger partial charge in [0.1, 0.15) is 0 Å². The van der Waals surface area contributed by atoms with Crippen LogP contribution in [-0.2, 0) is 15.9 Å². The van der Waals surface area contributed by atoms with Gasteiger partial charge in [-0.05, 0) is 51.2 Å². The Morgan fingerprint density at radius 1 is 1.30 bits per heavy atom. The van der Waals surface area contributed by atoms with Gasteiger partial charge in [-0.2, -0.15) is 0 Å². The van der Waals surface area contributed by atoms with Crippen molar-refractivity contribution in [3.8, 4) is 0 Å². The fourth-order valence-corrected chi connectivity index (χ4v) is 2.94. The van der Waals surface area contributed by atoms with Crippen LogP contribution in [0.25, 0.3) is 0 Å². The van der Waals surface area contributed by atoms with E-state index in [1.54, 1.807) is 12.3 Å². The van der Waals surface area contributed by atoms with Crippen molar-refractivity contribution >= 4 is 5.82 Å². The van der Waals surface area contributed by atoms with Crippen LogP contribution in [0, 0.1) is 5.82 Å². The van der Waals surface area contributed by atoms with E-state index < -0.39 is 5.79 Å². The average Bonchev–Trinajstić information content (AvgIpc) is 2.84. The predicted molar refractivity (Wildman–Crippen MR) is 90.2 cm³/mol. The zero-order valence-corrected chi connectivity index (χ0v) is 14.8. The molecule has 23 heavy (non-hydrogen) atoms. The first-order valence-corrected chi connectivity index (χ1v) is 8.66. The molecule has 0 amide bonds. The summed E-state index contributed by atoms with van der Waals surface area (Å²) in [6.45, 7) is 10.3. The van der Waals surface area contributed by atoms with Gasteiger partial charge in [-0.3, -0.25) is 0 Å². The summed E-state index contributed by atoms with van der Waals surface area (Å²) in [5.41, 5.74) is 0.910. The molecule has 2 heterocycles. The van der Waals surface area contributed by atoms with Crippen molar-refractivity contribution in [1.29, 1.82) is 0 Å². The number of pyridine rings is 1. The second-order valence-corrected chi connectivity index (χ2v) is 6.63. The molecule has 0 saturated carbocycles. The number of hydrogen-bond donors (Lipinski definition) is 0. The van der Waals surface area contributed by atoms with Crippen LogP contribution in [0.4, 0.5) is 10.2 Å². The molecule has 1 atom stereocenters. The lowest BCUT2D eigenvalue weighted by Crippen LogP contribution is -2.27. The highest BCUT2D eigenvalue weighted by Gasteiger charge is 2.32. The third-order valence-electron chi connectivity index (χ3n) is 3.99. The minimum Gasteiger partial charge on any atom is -0.354 e. The molecule has 1 fully saturated rings. The van der Waals surface area contributed by atoms with Crippen LogP contribution in [0.3, 0.4) is 0 Å². The Bertz CT molecular complexity index is 502. The summed E-state index contributed by atoms with van der Waals surface area (Å²) >= 11 is 0. The summed E-state index contributed by atoms with van der Waals surface area (Å²) in [5.74, 6) is -0.258. The Kier molecular flexibility index (Phi) is 6.36. The molecule has 4 nitrogen and oxygen atoms in total. The molecule has 1 aromatic rings. The molecule has 1 aliphatic heterocycles. The van der Waals surface area contributed by atoms with Crippen LogP contribution >= 0.6 is 0 Å². The third kappa shape index (κ3) is 5.15. The van der Waals surface area contributed by atoms with Crippen molar-refractivity contribution in [2.24, 2.45) is 0 Å². The maximum Gasteiger partial charge on any atom is 0.165 e. The number of ether oxygens (including phenoxy) is 2. The van der Waals surface area contributed by atoms with Gasteiger partial charge in [0.2, 0.25) is 0 Å². The zero-order valence-electron chi connectivity index (χ0n) is 14.8. The van der Waals surface area contributed by atoms with Crippen molar-refractivity contribution < 1.29 is 13.9 Å². The minimum atomic E-state index is -0.501. The molecule has 1 aliphatic rings. The molecule has 0 bridgehead atoms. The number of nitrogens with zero attached hydrogens (tertiary/aromatic N) is 2. The highest BCUT2D eigenvalue weighted by Crippen LogP contribution is 2.25. The summed E-state index contributed by atoms with van der Waals surface area (Å²) in [6, 6.07) is 1.61. The van der Waals surface area contributed by atoms with E-state index in [1.165, 1.54) is 0 Å². The van der Waals surface area contributed by atoms with Crippen molar-refractivity contribution in [2.75, 3.05) is 24.6 Å². The monoisotopic (exact) mass is 324 g/mol. The van der Waals surface area contributed by atoms with Crippen LogP contribution in [0.1, 0.15) is 52.5 Å². The van der Waals surface area contributed by atoms with E-state index in [-0.39, 0.29) is 11.9 Å². The van der Waals surface area contributed by atoms with E-state index >= 15 is 0 Å². The highest BCUT2D eigenvalue weighted by molar-refractivity contribution is 5.41. The van der Waals surface area contributed by atoms with Crippen molar-refractivity contribution in [1.82, 2.24) is 4.98 Å². The van der Waals surface area contributed by atoms with Crippen LogP contribution in [0.2, 0.25) is 0 Å². The molecule has 0 aromatic carbocycles. The maximum atomic E-state index is 14.4. The van der Waals surface area contributed by atoms with Gasteiger partial charge >= 0.3 is 0 Å².